The first kappa shape index (κ1) is 60.2. The van der Waals surface area contributed by atoms with Gasteiger partial charge in [0.05, 0.1) is 12.7 Å². The van der Waals surface area contributed by atoms with Gasteiger partial charge in [-0.1, -0.05) is 128 Å². The molecule has 372 valence electrons. The molecule has 14 nitrogen and oxygen atoms in total. The summed E-state index contributed by atoms with van der Waals surface area (Å²) in [5, 5.41) is 59.4. The maximum Gasteiger partial charge on any atom is 0.472 e. The average Bonchev–Trinajstić information content (AvgIpc) is 3.29. The fraction of sp³-hybridized carbons (Fsp3) is 0.569. The Morgan fingerprint density at radius 1 is 0.530 bits per heavy atom. The molecule has 9 atom stereocenters. The van der Waals surface area contributed by atoms with Crippen LogP contribution in [-0.2, 0) is 32.7 Å². The molecule has 0 aliphatic heterocycles. The van der Waals surface area contributed by atoms with Gasteiger partial charge < -0.3 is 45.0 Å². The second-order valence-corrected chi connectivity index (χ2v) is 17.2. The minimum Gasteiger partial charge on any atom is -0.462 e. The Morgan fingerprint density at radius 3 is 1.36 bits per heavy atom. The van der Waals surface area contributed by atoms with Crippen molar-refractivity contribution >= 4 is 19.8 Å². The molecule has 0 aromatic carbocycles. The molecule has 1 aliphatic carbocycles. The van der Waals surface area contributed by atoms with Crippen LogP contribution in [0, 0.1) is 0 Å². The smallest absolute Gasteiger partial charge is 0.462 e. The number of phosphoric acid groups is 1. The van der Waals surface area contributed by atoms with Crippen molar-refractivity contribution in [1.82, 2.24) is 0 Å². The third-order valence-electron chi connectivity index (χ3n) is 9.82. The maximum absolute atomic E-state index is 12.8. The van der Waals surface area contributed by atoms with Gasteiger partial charge >= 0.3 is 19.8 Å². The first-order valence-electron chi connectivity index (χ1n) is 23.4. The molecule has 1 aliphatic rings. The van der Waals surface area contributed by atoms with E-state index in [1.54, 1.807) is 6.92 Å². The predicted octanol–water partition coefficient (Wildman–Crippen LogP) is 8.36. The van der Waals surface area contributed by atoms with E-state index in [0.29, 0.717) is 25.7 Å². The topological polar surface area (TPSA) is 230 Å². The van der Waals surface area contributed by atoms with Crippen LogP contribution in [0.1, 0.15) is 123 Å². The highest BCUT2D eigenvalue weighted by atomic mass is 31.2. The number of esters is 2. The van der Waals surface area contributed by atoms with Crippen molar-refractivity contribution in [3.63, 3.8) is 0 Å². The Labute approximate surface area is 393 Å². The number of unbranched alkanes of at least 4 members (excludes halogenated alkanes) is 2. The molecule has 1 saturated carbocycles. The number of phosphoric ester groups is 1. The van der Waals surface area contributed by atoms with Gasteiger partial charge in [-0.25, -0.2) is 4.57 Å². The van der Waals surface area contributed by atoms with E-state index >= 15 is 0 Å². The second-order valence-electron chi connectivity index (χ2n) is 15.8. The third kappa shape index (κ3) is 32.0. The predicted molar refractivity (Wildman–Crippen MR) is 259 cm³/mol. The van der Waals surface area contributed by atoms with Crippen molar-refractivity contribution < 1.29 is 68.2 Å². The summed E-state index contributed by atoms with van der Waals surface area (Å²) in [5.41, 5.74) is 0. The van der Waals surface area contributed by atoms with Crippen LogP contribution in [0.4, 0.5) is 0 Å². The van der Waals surface area contributed by atoms with Crippen molar-refractivity contribution in [2.24, 2.45) is 0 Å². The monoisotopic (exact) mass is 947 g/mol. The third-order valence-corrected chi connectivity index (χ3v) is 10.8. The van der Waals surface area contributed by atoms with E-state index in [1.807, 2.05) is 36.5 Å². The molecule has 0 radical (unpaired) electrons. The van der Waals surface area contributed by atoms with Crippen LogP contribution in [0.2, 0.25) is 0 Å². The van der Waals surface area contributed by atoms with Crippen LogP contribution in [-0.4, -0.2) is 110 Å². The molecule has 1 fully saturated rings. The van der Waals surface area contributed by atoms with Gasteiger partial charge in [-0.3, -0.25) is 18.6 Å². The van der Waals surface area contributed by atoms with Gasteiger partial charge in [0.25, 0.3) is 0 Å². The summed E-state index contributed by atoms with van der Waals surface area (Å²) in [6.45, 7) is 2.60. The molecule has 0 aromatic rings. The molecular weight excluding hydrogens is 868 g/mol. The Kier molecular flexibility index (Phi) is 35.8. The van der Waals surface area contributed by atoms with E-state index in [2.05, 4.69) is 92.0 Å². The van der Waals surface area contributed by atoms with Gasteiger partial charge in [-0.05, 0) is 103 Å². The fourth-order valence-electron chi connectivity index (χ4n) is 6.09. The lowest BCUT2D eigenvalue weighted by atomic mass is 9.85. The number of carbonyl (C=O) groups is 2. The Bertz CT molecular complexity index is 1630. The standard InChI is InChI=1S/C51H79O14P/c1-3-4-5-6-7-8-9-10-11-12-13-14-17-20-23-26-29-32-35-38-44(53)62-40-43(41-63-66(60,61)65-51-49(58)47(56)46(55)48(57)50(51)59)64-45(54)39-36-33-30-27-24-21-18-15-16-19-22-25-28-31-34-37-42(2)52/h4-5,7-8,10-11,13-14,16,18-21,23,25,27-30,32,42-43,46-52,55-59H,3,6,9,12,15,17,22,24,26,31,33-41H2,1-2H3,(H,60,61)/b5-4-,8-7-,11-10-,14-13-,19-16-,21-18-,23-20-,28-25-,30-27-,32-29-/t42-,43+,46?,47-,48+,49+,50+,51?/m0/s1. The van der Waals surface area contributed by atoms with Gasteiger partial charge in [0, 0.05) is 12.8 Å². The van der Waals surface area contributed by atoms with E-state index in [9.17, 15) is 49.7 Å². The lowest BCUT2D eigenvalue weighted by Gasteiger charge is -2.41. The van der Waals surface area contributed by atoms with Crippen molar-refractivity contribution in [2.45, 2.75) is 172 Å². The lowest BCUT2D eigenvalue weighted by Crippen LogP contribution is -2.64. The second kappa shape index (κ2) is 39.2. The number of ether oxygens (including phenoxy) is 2. The zero-order valence-corrected chi connectivity index (χ0v) is 39.9. The van der Waals surface area contributed by atoms with Crippen LogP contribution in [0.5, 0.6) is 0 Å². The molecule has 0 heterocycles. The molecular formula is C51H79O14P. The largest absolute Gasteiger partial charge is 0.472 e. The summed E-state index contributed by atoms with van der Waals surface area (Å²) in [4.78, 5) is 35.7. The Morgan fingerprint density at radius 2 is 0.924 bits per heavy atom. The normalized spacial score (nSPS) is 22.9. The molecule has 3 unspecified atom stereocenters. The molecule has 15 heteroatoms. The first-order chi connectivity index (χ1) is 31.8. The van der Waals surface area contributed by atoms with Crippen molar-refractivity contribution in [2.75, 3.05) is 13.2 Å². The van der Waals surface area contributed by atoms with Crippen LogP contribution in [0.3, 0.4) is 0 Å². The molecule has 0 amide bonds. The highest BCUT2D eigenvalue weighted by Gasteiger charge is 2.51. The van der Waals surface area contributed by atoms with Crippen molar-refractivity contribution in [3.05, 3.63) is 122 Å². The van der Waals surface area contributed by atoms with Gasteiger partial charge in [-0.15, -0.1) is 0 Å². The maximum atomic E-state index is 12.8. The minimum atomic E-state index is -5.17. The molecule has 0 bridgehead atoms. The van der Waals surface area contributed by atoms with Crippen LogP contribution in [0.25, 0.3) is 0 Å². The Hall–Kier alpha value is -3.79. The van der Waals surface area contributed by atoms with Gasteiger partial charge in [0.2, 0.25) is 0 Å². The van der Waals surface area contributed by atoms with Crippen LogP contribution >= 0.6 is 7.82 Å². The lowest BCUT2D eigenvalue weighted by molar-refractivity contribution is -0.220. The van der Waals surface area contributed by atoms with Crippen LogP contribution < -0.4 is 0 Å². The fourth-order valence-corrected chi connectivity index (χ4v) is 7.06. The Balaban J connectivity index is 2.56. The van der Waals surface area contributed by atoms with E-state index in [1.165, 1.54) is 0 Å². The van der Waals surface area contributed by atoms with E-state index in [0.717, 1.165) is 70.6 Å². The van der Waals surface area contributed by atoms with Crippen molar-refractivity contribution in [3.8, 4) is 0 Å². The number of aliphatic hydroxyl groups is 6. The summed E-state index contributed by atoms with van der Waals surface area (Å²) < 4.78 is 33.4. The van der Waals surface area contributed by atoms with Crippen LogP contribution in [0.15, 0.2) is 122 Å². The highest BCUT2D eigenvalue weighted by Crippen LogP contribution is 2.47. The zero-order valence-electron chi connectivity index (χ0n) is 39.0. The zero-order chi connectivity index (χ0) is 48.7. The highest BCUT2D eigenvalue weighted by molar-refractivity contribution is 7.47. The number of rotatable bonds is 36. The molecule has 1 rings (SSSR count). The van der Waals surface area contributed by atoms with E-state index in [-0.39, 0.29) is 18.9 Å². The number of allylic oxidation sites excluding steroid dienone is 20. The summed E-state index contributed by atoms with van der Waals surface area (Å²) in [5.74, 6) is -1.29. The quantitative estimate of drug-likeness (QED) is 0.0136. The summed E-state index contributed by atoms with van der Waals surface area (Å²) in [6.07, 6.45) is 39.7. The summed E-state index contributed by atoms with van der Waals surface area (Å²) >= 11 is 0. The van der Waals surface area contributed by atoms with Gasteiger partial charge in [-0.2, -0.15) is 0 Å². The minimum absolute atomic E-state index is 0.0149. The van der Waals surface area contributed by atoms with Gasteiger partial charge in [0.15, 0.2) is 6.10 Å². The average molecular weight is 947 g/mol. The molecule has 0 saturated heterocycles. The molecule has 7 N–H and O–H groups in total. The summed E-state index contributed by atoms with van der Waals surface area (Å²) in [6, 6.07) is 0. The molecule has 0 aromatic heterocycles. The van der Waals surface area contributed by atoms with E-state index in [4.69, 9.17) is 18.5 Å². The number of carbonyl (C=O) groups excluding carboxylic acids is 2. The molecule has 66 heavy (non-hydrogen) atoms. The SMILES string of the molecule is CC/C=C\C/C=C\C/C=C\C/C=C\C/C=C\C/C=C\CCC(=O)OC[C@H](COP(=O)(O)OC1[C@H](O)[C@H](O)C(O)[C@H](O)[C@H]1O)OC(=O)CCC/C=C\C/C=C\C/C=C\C/C=C\CCC[C@H](C)O. The van der Waals surface area contributed by atoms with Gasteiger partial charge in [0.1, 0.15) is 43.2 Å². The first-order valence-corrected chi connectivity index (χ1v) is 24.9. The molecule has 0 spiro atoms. The van der Waals surface area contributed by atoms with E-state index < -0.39 is 75.7 Å². The number of hydrogen-bond acceptors (Lipinski definition) is 13. The summed E-state index contributed by atoms with van der Waals surface area (Å²) in [7, 11) is -5.17. The van der Waals surface area contributed by atoms with Crippen molar-refractivity contribution in [1.29, 1.82) is 0 Å². The number of aliphatic hydroxyl groups excluding tert-OH is 6. The number of hydrogen-bond donors (Lipinski definition) is 7.